The second-order valence-electron chi connectivity index (χ2n) is 7.29. The minimum Gasteiger partial charge on any atom is -0.362 e. The van der Waals surface area contributed by atoms with Crippen molar-refractivity contribution < 1.29 is 8.78 Å². The summed E-state index contributed by atoms with van der Waals surface area (Å²) < 4.78 is 30.0. The summed E-state index contributed by atoms with van der Waals surface area (Å²) in [4.78, 5) is 13.6. The maximum atomic E-state index is 14.2. The van der Waals surface area contributed by atoms with E-state index < -0.39 is 17.5 Å². The molecule has 0 saturated heterocycles. The molecule has 1 N–H and O–H groups in total. The van der Waals surface area contributed by atoms with Crippen molar-refractivity contribution in [3.05, 3.63) is 67.3 Å². The van der Waals surface area contributed by atoms with Crippen LogP contribution in [0.2, 0.25) is 10.0 Å². The first-order valence-electron chi connectivity index (χ1n) is 9.25. The van der Waals surface area contributed by atoms with E-state index in [9.17, 15) is 13.6 Å². The molecule has 0 fully saturated rings. The van der Waals surface area contributed by atoms with Crippen LogP contribution in [-0.2, 0) is 18.9 Å². The van der Waals surface area contributed by atoms with Crippen molar-refractivity contribution in [2.24, 2.45) is 0 Å². The number of aromatic nitrogens is 5. The molecule has 0 spiro atoms. The number of hydrogen-bond acceptors (Lipinski definition) is 5. The van der Waals surface area contributed by atoms with Crippen LogP contribution in [-0.4, -0.2) is 31.7 Å². The molecule has 1 aliphatic rings. The predicted molar refractivity (Wildman–Crippen MR) is 109 cm³/mol. The average Bonchev–Trinajstić information content (AvgIpc) is 3.12. The number of H-pyrrole nitrogens is 1. The summed E-state index contributed by atoms with van der Waals surface area (Å²) in [5.74, 6) is -3.05. The van der Waals surface area contributed by atoms with E-state index in [0.29, 0.717) is 36.5 Å². The Balaban J connectivity index is 1.67. The van der Waals surface area contributed by atoms with Gasteiger partial charge in [0.15, 0.2) is 0 Å². The molecule has 2 aromatic heterocycles. The number of alkyl halides is 2. The smallest absolute Gasteiger partial charge is 0.285 e. The van der Waals surface area contributed by atoms with Gasteiger partial charge in [-0.3, -0.25) is 4.79 Å². The van der Waals surface area contributed by atoms with E-state index in [4.69, 9.17) is 23.2 Å². The highest BCUT2D eigenvalue weighted by molar-refractivity contribution is 6.33. The molecule has 1 aliphatic heterocycles. The molecule has 3 aromatic rings. The Kier molecular flexibility index (Phi) is 5.27. The summed E-state index contributed by atoms with van der Waals surface area (Å²) in [5.41, 5.74) is 1.90. The van der Waals surface area contributed by atoms with Gasteiger partial charge in [0.2, 0.25) is 0 Å². The molecule has 0 aliphatic carbocycles. The maximum absolute atomic E-state index is 14.2. The second-order valence-corrected chi connectivity index (χ2v) is 8.11. The van der Waals surface area contributed by atoms with Crippen LogP contribution in [0.15, 0.2) is 29.2 Å². The number of nitrogens with one attached hydrogen (secondary N) is 1. The van der Waals surface area contributed by atoms with E-state index in [1.165, 1.54) is 12.3 Å². The Morgan fingerprint density at radius 1 is 1.30 bits per heavy atom. The van der Waals surface area contributed by atoms with Crippen molar-refractivity contribution in [3.63, 3.8) is 0 Å². The molecule has 7 nitrogen and oxygen atoms in total. The van der Waals surface area contributed by atoms with Crippen molar-refractivity contribution in [2.45, 2.75) is 38.8 Å². The van der Waals surface area contributed by atoms with E-state index >= 15 is 0 Å². The Bertz CT molecular complexity index is 1160. The second kappa shape index (κ2) is 7.63. The third-order valence-electron chi connectivity index (χ3n) is 5.25. The summed E-state index contributed by atoms with van der Waals surface area (Å²) >= 11 is 12.1. The third kappa shape index (κ3) is 3.67. The lowest BCUT2D eigenvalue weighted by Crippen LogP contribution is -2.33. The van der Waals surface area contributed by atoms with Crippen LogP contribution in [0, 0.1) is 0 Å². The molecule has 30 heavy (non-hydrogen) atoms. The number of aromatic amines is 1. The van der Waals surface area contributed by atoms with Gasteiger partial charge in [-0.15, -0.1) is 5.10 Å². The fourth-order valence-corrected chi connectivity index (χ4v) is 4.13. The van der Waals surface area contributed by atoms with E-state index in [0.717, 1.165) is 12.6 Å². The Labute approximate surface area is 180 Å². The maximum Gasteiger partial charge on any atom is 0.285 e. The quantitative estimate of drug-likeness (QED) is 0.645. The third-order valence-corrected chi connectivity index (χ3v) is 5.85. The Morgan fingerprint density at radius 2 is 2.07 bits per heavy atom. The van der Waals surface area contributed by atoms with Crippen LogP contribution in [0.4, 0.5) is 14.5 Å². The van der Waals surface area contributed by atoms with Crippen LogP contribution in [0.3, 0.4) is 0 Å². The molecule has 4 rings (SSSR count). The molecule has 0 radical (unpaired) electrons. The fraction of sp³-hybridized carbons (Fsp3) is 0.368. The lowest BCUT2D eigenvalue weighted by Gasteiger charge is -2.29. The van der Waals surface area contributed by atoms with E-state index in [1.807, 2.05) is 4.90 Å². The van der Waals surface area contributed by atoms with Crippen LogP contribution in [0.5, 0.6) is 0 Å². The topological polar surface area (TPSA) is 79.7 Å². The van der Waals surface area contributed by atoms with Crippen LogP contribution in [0.25, 0.3) is 0 Å². The largest absolute Gasteiger partial charge is 0.362 e. The molecule has 0 unspecified atom stereocenters. The number of nitrogens with zero attached hydrogens (tertiary/aromatic N) is 5. The fourth-order valence-electron chi connectivity index (χ4n) is 3.74. The van der Waals surface area contributed by atoms with Crippen molar-refractivity contribution in [1.82, 2.24) is 25.2 Å². The molecular formula is C19H18Cl2F2N6O. The molecule has 158 valence electrons. The SMILES string of the molecule is C[C@@H](c1ccc(Cl)cc1C(C)(F)F)n1nnc2c1CCN(c1cn[nH]c(=O)c1Cl)C2. The lowest BCUT2D eigenvalue weighted by atomic mass is 9.97. The first-order valence-corrected chi connectivity index (χ1v) is 10.0. The number of anilines is 1. The first kappa shape index (κ1) is 20.7. The normalized spacial score (nSPS) is 15.2. The van der Waals surface area contributed by atoms with Gasteiger partial charge in [0.05, 0.1) is 30.2 Å². The molecule has 0 saturated carbocycles. The molecular weight excluding hydrogens is 437 g/mol. The van der Waals surface area contributed by atoms with Gasteiger partial charge >= 0.3 is 0 Å². The van der Waals surface area contributed by atoms with E-state index in [-0.39, 0.29) is 15.6 Å². The van der Waals surface area contributed by atoms with Crippen molar-refractivity contribution in [2.75, 3.05) is 11.4 Å². The molecule has 0 bridgehead atoms. The van der Waals surface area contributed by atoms with Gasteiger partial charge in [0.1, 0.15) is 10.7 Å². The van der Waals surface area contributed by atoms with Gasteiger partial charge in [-0.2, -0.15) is 5.10 Å². The number of fused-ring (bicyclic) bond motifs is 1. The average molecular weight is 455 g/mol. The summed E-state index contributed by atoms with van der Waals surface area (Å²) in [6.07, 6.45) is 2.05. The zero-order valence-electron chi connectivity index (χ0n) is 16.2. The standard InChI is InChI=1S/C19H18Cl2F2N6O/c1-10(12-4-3-11(20)7-13(12)19(2,22)23)29-15-5-6-28(9-14(15)25-27-29)16-8-24-26-18(30)17(16)21/h3-4,7-8,10H,5-6,9H2,1-2H3,(H,26,30)/t10-/m0/s1. The summed E-state index contributed by atoms with van der Waals surface area (Å²) in [7, 11) is 0. The van der Waals surface area contributed by atoms with Crippen molar-refractivity contribution in [1.29, 1.82) is 0 Å². The Hall–Kier alpha value is -2.52. The van der Waals surface area contributed by atoms with Crippen LogP contribution >= 0.6 is 23.2 Å². The van der Waals surface area contributed by atoms with E-state index in [2.05, 4.69) is 20.5 Å². The highest BCUT2D eigenvalue weighted by Gasteiger charge is 2.32. The highest BCUT2D eigenvalue weighted by atomic mass is 35.5. The first-order chi connectivity index (χ1) is 14.2. The minimum atomic E-state index is -3.05. The zero-order valence-corrected chi connectivity index (χ0v) is 17.7. The number of rotatable bonds is 4. The lowest BCUT2D eigenvalue weighted by molar-refractivity contribution is 0.0160. The molecule has 0 amide bonds. The van der Waals surface area contributed by atoms with Crippen LogP contribution in [0.1, 0.15) is 42.4 Å². The van der Waals surface area contributed by atoms with Gasteiger partial charge in [0.25, 0.3) is 11.5 Å². The van der Waals surface area contributed by atoms with Gasteiger partial charge in [-0.1, -0.05) is 34.5 Å². The number of benzene rings is 1. The van der Waals surface area contributed by atoms with Crippen molar-refractivity contribution in [3.8, 4) is 0 Å². The van der Waals surface area contributed by atoms with Gasteiger partial charge in [-0.25, -0.2) is 18.6 Å². The monoisotopic (exact) mass is 454 g/mol. The summed E-state index contributed by atoms with van der Waals surface area (Å²) in [6, 6.07) is 4.02. The zero-order chi connectivity index (χ0) is 21.6. The minimum absolute atomic E-state index is 0.0604. The number of hydrogen-bond donors (Lipinski definition) is 1. The summed E-state index contributed by atoms with van der Waals surface area (Å²) in [6.45, 7) is 3.58. The van der Waals surface area contributed by atoms with E-state index in [1.54, 1.807) is 23.7 Å². The Morgan fingerprint density at radius 3 is 2.80 bits per heavy atom. The predicted octanol–water partition coefficient (Wildman–Crippen LogP) is 3.95. The molecule has 1 atom stereocenters. The number of halogens is 4. The van der Waals surface area contributed by atoms with Gasteiger partial charge in [-0.05, 0) is 24.6 Å². The van der Waals surface area contributed by atoms with Gasteiger partial charge in [0, 0.05) is 30.5 Å². The van der Waals surface area contributed by atoms with Gasteiger partial charge < -0.3 is 4.90 Å². The molecule has 11 heteroatoms. The van der Waals surface area contributed by atoms with Crippen LogP contribution < -0.4 is 10.5 Å². The molecule has 1 aromatic carbocycles. The summed E-state index contributed by atoms with van der Waals surface area (Å²) in [5, 5.41) is 14.9. The van der Waals surface area contributed by atoms with Crippen molar-refractivity contribution >= 4 is 28.9 Å². The molecule has 3 heterocycles. The highest BCUT2D eigenvalue weighted by Crippen LogP contribution is 2.37.